The van der Waals surface area contributed by atoms with E-state index in [0.29, 0.717) is 12.3 Å². The standard InChI is InChI=1S/C20H25N3O/c1-15(24)10-17-5-2-4-16(11-17)7-9-21-13-18-12-20-19(23-14-18)6-3-8-22-20/h2-6,8,11,18,21,23H,7,9-10,12-14H2,1H3. The molecule has 1 unspecified atom stereocenters. The highest BCUT2D eigenvalue weighted by Crippen LogP contribution is 2.21. The van der Waals surface area contributed by atoms with Gasteiger partial charge < -0.3 is 10.6 Å². The molecular formula is C20H25N3O. The number of nitrogens with one attached hydrogen (secondary N) is 2. The summed E-state index contributed by atoms with van der Waals surface area (Å²) in [6.07, 6.45) is 4.41. The zero-order valence-electron chi connectivity index (χ0n) is 14.2. The molecule has 0 aliphatic carbocycles. The smallest absolute Gasteiger partial charge is 0.134 e. The van der Waals surface area contributed by atoms with Crippen LogP contribution >= 0.6 is 0 Å². The van der Waals surface area contributed by atoms with Gasteiger partial charge in [-0.3, -0.25) is 9.78 Å². The summed E-state index contributed by atoms with van der Waals surface area (Å²) >= 11 is 0. The molecule has 0 radical (unpaired) electrons. The zero-order chi connectivity index (χ0) is 16.8. The largest absolute Gasteiger partial charge is 0.383 e. The highest BCUT2D eigenvalue weighted by Gasteiger charge is 2.18. The zero-order valence-corrected chi connectivity index (χ0v) is 14.2. The van der Waals surface area contributed by atoms with Crippen LogP contribution in [0, 0.1) is 5.92 Å². The van der Waals surface area contributed by atoms with Crippen LogP contribution in [0.1, 0.15) is 23.7 Å². The number of aromatic nitrogens is 1. The van der Waals surface area contributed by atoms with Gasteiger partial charge in [-0.15, -0.1) is 0 Å². The van der Waals surface area contributed by atoms with Crippen LogP contribution < -0.4 is 10.6 Å². The third-order valence-electron chi connectivity index (χ3n) is 4.42. The molecule has 2 aromatic rings. The number of nitrogens with zero attached hydrogens (tertiary/aromatic N) is 1. The number of carbonyl (C=O) groups excluding carboxylic acids is 1. The van der Waals surface area contributed by atoms with Crippen LogP contribution in [0.5, 0.6) is 0 Å². The minimum atomic E-state index is 0.212. The van der Waals surface area contributed by atoms with Crippen LogP contribution in [-0.2, 0) is 24.1 Å². The fraction of sp³-hybridized carbons (Fsp3) is 0.400. The van der Waals surface area contributed by atoms with Crippen molar-refractivity contribution in [3.63, 3.8) is 0 Å². The number of carbonyl (C=O) groups is 1. The van der Waals surface area contributed by atoms with E-state index in [-0.39, 0.29) is 5.78 Å². The lowest BCUT2D eigenvalue weighted by Gasteiger charge is -2.25. The summed E-state index contributed by atoms with van der Waals surface area (Å²) in [5, 5.41) is 7.02. The van der Waals surface area contributed by atoms with Crippen molar-refractivity contribution in [2.24, 2.45) is 5.92 Å². The second-order valence-corrected chi connectivity index (χ2v) is 6.60. The number of hydrogen-bond donors (Lipinski definition) is 2. The number of rotatable bonds is 7. The third kappa shape index (κ3) is 4.65. The highest BCUT2D eigenvalue weighted by molar-refractivity contribution is 5.78. The number of Topliss-reactive ketones (excluding diaryl/α,β-unsaturated/α-hetero) is 1. The number of pyridine rings is 1. The molecule has 1 aromatic heterocycles. The molecular weight excluding hydrogens is 298 g/mol. The van der Waals surface area contributed by atoms with Crippen LogP contribution in [0.25, 0.3) is 0 Å². The molecule has 126 valence electrons. The molecule has 0 spiro atoms. The van der Waals surface area contributed by atoms with E-state index < -0.39 is 0 Å². The van der Waals surface area contributed by atoms with E-state index in [9.17, 15) is 4.79 Å². The average molecular weight is 323 g/mol. The monoisotopic (exact) mass is 323 g/mol. The molecule has 24 heavy (non-hydrogen) atoms. The van der Waals surface area contributed by atoms with E-state index in [4.69, 9.17) is 0 Å². The van der Waals surface area contributed by atoms with E-state index in [1.807, 2.05) is 24.4 Å². The van der Waals surface area contributed by atoms with Gasteiger partial charge in [0.25, 0.3) is 0 Å². The fourth-order valence-corrected chi connectivity index (χ4v) is 3.23. The first-order valence-corrected chi connectivity index (χ1v) is 8.66. The number of anilines is 1. The Morgan fingerprint density at radius 2 is 2.17 bits per heavy atom. The van der Waals surface area contributed by atoms with Crippen LogP contribution in [0.15, 0.2) is 42.6 Å². The minimum absolute atomic E-state index is 0.212. The summed E-state index contributed by atoms with van der Waals surface area (Å²) in [5.41, 5.74) is 4.75. The Morgan fingerprint density at radius 3 is 3.04 bits per heavy atom. The lowest BCUT2D eigenvalue weighted by molar-refractivity contribution is -0.116. The predicted molar refractivity (Wildman–Crippen MR) is 97.3 cm³/mol. The van der Waals surface area contributed by atoms with Gasteiger partial charge in [0.1, 0.15) is 5.78 Å². The maximum atomic E-state index is 11.2. The van der Waals surface area contributed by atoms with Gasteiger partial charge in [0.2, 0.25) is 0 Å². The van der Waals surface area contributed by atoms with E-state index >= 15 is 0 Å². The summed E-state index contributed by atoms with van der Waals surface area (Å²) in [6.45, 7) is 4.59. The normalized spacial score (nSPS) is 16.3. The van der Waals surface area contributed by atoms with Crippen molar-refractivity contribution in [2.45, 2.75) is 26.2 Å². The van der Waals surface area contributed by atoms with E-state index in [2.05, 4.69) is 33.8 Å². The van der Waals surface area contributed by atoms with Gasteiger partial charge >= 0.3 is 0 Å². The Balaban J connectivity index is 1.42. The summed E-state index contributed by atoms with van der Waals surface area (Å²) in [6, 6.07) is 12.4. The van der Waals surface area contributed by atoms with E-state index in [0.717, 1.165) is 38.0 Å². The molecule has 0 fully saturated rings. The maximum Gasteiger partial charge on any atom is 0.134 e. The highest BCUT2D eigenvalue weighted by atomic mass is 16.1. The molecule has 2 heterocycles. The molecule has 4 heteroatoms. The summed E-state index contributed by atoms with van der Waals surface area (Å²) in [4.78, 5) is 15.7. The lowest BCUT2D eigenvalue weighted by atomic mass is 9.97. The maximum absolute atomic E-state index is 11.2. The number of hydrogen-bond acceptors (Lipinski definition) is 4. The van der Waals surface area contributed by atoms with Crippen molar-refractivity contribution in [1.29, 1.82) is 0 Å². The van der Waals surface area contributed by atoms with Crippen molar-refractivity contribution < 1.29 is 4.79 Å². The predicted octanol–water partition coefficient (Wildman–Crippen LogP) is 2.63. The topological polar surface area (TPSA) is 54.0 Å². The van der Waals surface area contributed by atoms with Gasteiger partial charge in [0.05, 0.1) is 11.4 Å². The van der Waals surface area contributed by atoms with Gasteiger partial charge in [0.15, 0.2) is 0 Å². The molecule has 1 atom stereocenters. The first-order valence-electron chi connectivity index (χ1n) is 8.66. The molecule has 1 aliphatic rings. The van der Waals surface area contributed by atoms with E-state index in [1.54, 1.807) is 6.92 Å². The molecule has 1 aromatic carbocycles. The number of benzene rings is 1. The second-order valence-electron chi connectivity index (χ2n) is 6.60. The summed E-state index contributed by atoms with van der Waals surface area (Å²) < 4.78 is 0. The van der Waals surface area contributed by atoms with Crippen molar-refractivity contribution in [2.75, 3.05) is 25.0 Å². The van der Waals surface area contributed by atoms with Gasteiger partial charge in [-0.2, -0.15) is 0 Å². The Kier molecular flexibility index (Phi) is 5.59. The van der Waals surface area contributed by atoms with Crippen molar-refractivity contribution in [3.05, 3.63) is 59.4 Å². The van der Waals surface area contributed by atoms with Gasteiger partial charge in [-0.05, 0) is 55.5 Å². The fourth-order valence-electron chi connectivity index (χ4n) is 3.23. The molecule has 0 saturated heterocycles. The molecule has 3 rings (SSSR count). The quantitative estimate of drug-likeness (QED) is 0.769. The Bertz CT molecular complexity index is 699. The molecule has 0 bridgehead atoms. The number of ketones is 1. The Morgan fingerprint density at radius 1 is 1.29 bits per heavy atom. The number of fused-ring (bicyclic) bond motifs is 1. The first-order chi connectivity index (χ1) is 11.7. The molecule has 0 saturated carbocycles. The summed E-state index contributed by atoms with van der Waals surface area (Å²) in [5.74, 6) is 0.792. The average Bonchev–Trinajstić information content (AvgIpc) is 2.58. The van der Waals surface area contributed by atoms with Crippen LogP contribution in [-0.4, -0.2) is 30.4 Å². The molecule has 2 N–H and O–H groups in total. The third-order valence-corrected chi connectivity index (χ3v) is 4.42. The van der Waals surface area contributed by atoms with E-state index in [1.165, 1.54) is 16.9 Å². The molecule has 0 amide bonds. The second kappa shape index (κ2) is 8.06. The van der Waals surface area contributed by atoms with Gasteiger partial charge in [-0.1, -0.05) is 24.3 Å². The Labute approximate surface area is 143 Å². The van der Waals surface area contributed by atoms with Crippen molar-refractivity contribution >= 4 is 11.5 Å². The molecule has 1 aliphatic heterocycles. The summed E-state index contributed by atoms with van der Waals surface area (Å²) in [7, 11) is 0. The van der Waals surface area contributed by atoms with Crippen molar-refractivity contribution in [1.82, 2.24) is 10.3 Å². The van der Waals surface area contributed by atoms with Crippen LogP contribution in [0.2, 0.25) is 0 Å². The Hall–Kier alpha value is -2.20. The first kappa shape index (κ1) is 16.7. The lowest BCUT2D eigenvalue weighted by Crippen LogP contribution is -2.33. The van der Waals surface area contributed by atoms with Gasteiger partial charge in [0, 0.05) is 25.7 Å². The SMILES string of the molecule is CC(=O)Cc1cccc(CCNCC2CNc3cccnc3C2)c1. The minimum Gasteiger partial charge on any atom is -0.383 e. The van der Waals surface area contributed by atoms with Crippen molar-refractivity contribution in [3.8, 4) is 0 Å². The van der Waals surface area contributed by atoms with Gasteiger partial charge in [-0.25, -0.2) is 0 Å². The van der Waals surface area contributed by atoms with Crippen LogP contribution in [0.3, 0.4) is 0 Å². The van der Waals surface area contributed by atoms with Crippen LogP contribution in [0.4, 0.5) is 5.69 Å². The molecule has 4 nitrogen and oxygen atoms in total.